The number of aliphatic hydroxyl groups is 1. The maximum Gasteiger partial charge on any atom is 0.274 e. The Kier molecular flexibility index (Phi) is 3.82. The highest BCUT2D eigenvalue weighted by Crippen LogP contribution is 2.16. The van der Waals surface area contributed by atoms with Crippen molar-refractivity contribution in [1.82, 2.24) is 15.5 Å². The monoisotopic (exact) mass is 260 g/mol. The standard InChI is InChI=1S/C13H16N4O2/c1-8-11(14)12(17-16-8)13(19)15-10(7-18)9-5-3-2-4-6-9/h2-6,10,18H,7,14H2,1H3,(H,15,19)(H,16,17)/t10-/m0/s1. The van der Waals surface area contributed by atoms with E-state index in [4.69, 9.17) is 5.73 Å². The average Bonchev–Trinajstić information content (AvgIpc) is 2.77. The van der Waals surface area contributed by atoms with Gasteiger partial charge in [0.1, 0.15) is 0 Å². The Morgan fingerprint density at radius 2 is 2.16 bits per heavy atom. The van der Waals surface area contributed by atoms with Gasteiger partial charge in [0.25, 0.3) is 5.91 Å². The van der Waals surface area contributed by atoms with Crippen molar-refractivity contribution < 1.29 is 9.90 Å². The fourth-order valence-electron chi connectivity index (χ4n) is 1.76. The predicted molar refractivity (Wildman–Crippen MR) is 71.5 cm³/mol. The van der Waals surface area contributed by atoms with Gasteiger partial charge in [-0.05, 0) is 12.5 Å². The van der Waals surface area contributed by atoms with Crippen LogP contribution in [0.4, 0.5) is 5.69 Å². The zero-order valence-corrected chi connectivity index (χ0v) is 10.6. The zero-order valence-electron chi connectivity index (χ0n) is 10.6. The largest absolute Gasteiger partial charge is 0.395 e. The van der Waals surface area contributed by atoms with E-state index in [1.807, 2.05) is 30.3 Å². The normalized spacial score (nSPS) is 12.1. The van der Waals surface area contributed by atoms with E-state index in [1.54, 1.807) is 6.92 Å². The summed E-state index contributed by atoms with van der Waals surface area (Å²) in [5, 5.41) is 18.6. The molecule has 0 aliphatic heterocycles. The molecular weight excluding hydrogens is 244 g/mol. The van der Waals surface area contributed by atoms with Crippen molar-refractivity contribution in [2.24, 2.45) is 0 Å². The van der Waals surface area contributed by atoms with Gasteiger partial charge in [0.05, 0.1) is 24.0 Å². The van der Waals surface area contributed by atoms with Crippen molar-refractivity contribution >= 4 is 11.6 Å². The molecule has 0 aliphatic rings. The van der Waals surface area contributed by atoms with Gasteiger partial charge in [-0.3, -0.25) is 9.89 Å². The van der Waals surface area contributed by atoms with Gasteiger partial charge in [-0.1, -0.05) is 30.3 Å². The van der Waals surface area contributed by atoms with Crippen LogP contribution in [-0.4, -0.2) is 27.8 Å². The molecule has 1 heterocycles. The highest BCUT2D eigenvalue weighted by molar-refractivity contribution is 5.97. The molecule has 1 amide bonds. The Labute approximate surface area is 110 Å². The summed E-state index contributed by atoms with van der Waals surface area (Å²) in [5.41, 5.74) is 7.68. The van der Waals surface area contributed by atoms with Crippen molar-refractivity contribution in [3.63, 3.8) is 0 Å². The number of aryl methyl sites for hydroxylation is 1. The van der Waals surface area contributed by atoms with E-state index in [-0.39, 0.29) is 12.3 Å². The number of hydrogen-bond donors (Lipinski definition) is 4. The smallest absolute Gasteiger partial charge is 0.274 e. The van der Waals surface area contributed by atoms with Gasteiger partial charge in [0, 0.05) is 0 Å². The number of aliphatic hydroxyl groups excluding tert-OH is 1. The summed E-state index contributed by atoms with van der Waals surface area (Å²) in [4.78, 5) is 12.0. The molecule has 2 rings (SSSR count). The minimum atomic E-state index is -0.481. The zero-order chi connectivity index (χ0) is 13.8. The second-order valence-electron chi connectivity index (χ2n) is 4.23. The highest BCUT2D eigenvalue weighted by atomic mass is 16.3. The van der Waals surface area contributed by atoms with E-state index in [2.05, 4.69) is 15.5 Å². The van der Waals surface area contributed by atoms with Gasteiger partial charge < -0.3 is 16.2 Å². The minimum Gasteiger partial charge on any atom is -0.395 e. The van der Waals surface area contributed by atoms with Gasteiger partial charge >= 0.3 is 0 Å². The first-order valence-electron chi connectivity index (χ1n) is 5.90. The van der Waals surface area contributed by atoms with Crippen LogP contribution in [0.3, 0.4) is 0 Å². The quantitative estimate of drug-likeness (QED) is 0.651. The molecule has 100 valence electrons. The third-order valence-electron chi connectivity index (χ3n) is 2.90. The number of aromatic nitrogens is 2. The molecular formula is C13H16N4O2. The van der Waals surface area contributed by atoms with E-state index in [0.717, 1.165) is 5.56 Å². The number of amides is 1. The molecule has 0 unspecified atom stereocenters. The van der Waals surface area contributed by atoms with E-state index in [0.29, 0.717) is 11.4 Å². The lowest BCUT2D eigenvalue weighted by molar-refractivity contribution is 0.0912. The molecule has 6 nitrogen and oxygen atoms in total. The number of carbonyl (C=O) groups is 1. The number of rotatable bonds is 4. The molecule has 5 N–H and O–H groups in total. The van der Waals surface area contributed by atoms with E-state index < -0.39 is 11.9 Å². The van der Waals surface area contributed by atoms with Crippen LogP contribution in [0.15, 0.2) is 30.3 Å². The Hall–Kier alpha value is -2.34. The summed E-state index contributed by atoms with van der Waals surface area (Å²) in [7, 11) is 0. The van der Waals surface area contributed by atoms with Crippen LogP contribution in [0.1, 0.15) is 27.8 Å². The lowest BCUT2D eigenvalue weighted by Gasteiger charge is -2.16. The molecule has 0 saturated carbocycles. The van der Waals surface area contributed by atoms with Gasteiger partial charge in [-0.2, -0.15) is 5.10 Å². The number of carbonyl (C=O) groups excluding carboxylic acids is 1. The van der Waals surface area contributed by atoms with Crippen LogP contribution < -0.4 is 11.1 Å². The van der Waals surface area contributed by atoms with Crippen molar-refractivity contribution in [1.29, 1.82) is 0 Å². The van der Waals surface area contributed by atoms with Crippen molar-refractivity contribution in [3.8, 4) is 0 Å². The van der Waals surface area contributed by atoms with Gasteiger partial charge in [-0.25, -0.2) is 0 Å². The number of nitrogen functional groups attached to an aromatic ring is 1. The van der Waals surface area contributed by atoms with Crippen LogP contribution in [0.25, 0.3) is 0 Å². The fraction of sp³-hybridized carbons (Fsp3) is 0.231. The number of nitrogens with two attached hydrogens (primary N) is 1. The topological polar surface area (TPSA) is 104 Å². The molecule has 1 aromatic heterocycles. The van der Waals surface area contributed by atoms with Gasteiger partial charge in [0.15, 0.2) is 5.69 Å². The molecule has 0 aliphatic carbocycles. The Morgan fingerprint density at radius 1 is 1.47 bits per heavy atom. The molecule has 1 aromatic carbocycles. The van der Waals surface area contributed by atoms with Crippen molar-refractivity contribution in [2.45, 2.75) is 13.0 Å². The first kappa shape index (κ1) is 13.1. The van der Waals surface area contributed by atoms with E-state index in [1.165, 1.54) is 0 Å². The fourth-order valence-corrected chi connectivity index (χ4v) is 1.76. The summed E-state index contributed by atoms with van der Waals surface area (Å²) in [6.07, 6.45) is 0. The summed E-state index contributed by atoms with van der Waals surface area (Å²) in [5.74, 6) is -0.412. The summed E-state index contributed by atoms with van der Waals surface area (Å²) < 4.78 is 0. The summed E-state index contributed by atoms with van der Waals surface area (Å²) >= 11 is 0. The van der Waals surface area contributed by atoms with Gasteiger partial charge in [-0.15, -0.1) is 0 Å². The lowest BCUT2D eigenvalue weighted by atomic mass is 10.1. The molecule has 19 heavy (non-hydrogen) atoms. The highest BCUT2D eigenvalue weighted by Gasteiger charge is 2.19. The molecule has 1 atom stereocenters. The average molecular weight is 260 g/mol. The summed E-state index contributed by atoms with van der Waals surface area (Å²) in [6.45, 7) is 1.54. The second kappa shape index (κ2) is 5.53. The Morgan fingerprint density at radius 3 is 2.68 bits per heavy atom. The molecule has 0 fully saturated rings. The van der Waals surface area contributed by atoms with Crippen molar-refractivity contribution in [3.05, 3.63) is 47.3 Å². The van der Waals surface area contributed by atoms with E-state index in [9.17, 15) is 9.90 Å². The lowest BCUT2D eigenvalue weighted by Crippen LogP contribution is -2.31. The molecule has 2 aromatic rings. The van der Waals surface area contributed by atoms with Crippen LogP contribution in [0.2, 0.25) is 0 Å². The number of benzene rings is 1. The number of anilines is 1. The minimum absolute atomic E-state index is 0.145. The maximum absolute atomic E-state index is 12.0. The number of aromatic amines is 1. The number of nitrogens with one attached hydrogen (secondary N) is 2. The number of hydrogen-bond acceptors (Lipinski definition) is 4. The second-order valence-corrected chi connectivity index (χ2v) is 4.23. The molecule has 0 spiro atoms. The predicted octanol–water partition coefficient (Wildman–Crippen LogP) is 0.764. The SMILES string of the molecule is Cc1[nH]nc(C(=O)N[C@@H](CO)c2ccccc2)c1N. The van der Waals surface area contributed by atoms with E-state index >= 15 is 0 Å². The third kappa shape index (κ3) is 2.74. The third-order valence-corrected chi connectivity index (χ3v) is 2.90. The first-order valence-corrected chi connectivity index (χ1v) is 5.90. The number of H-pyrrole nitrogens is 1. The van der Waals surface area contributed by atoms with Crippen LogP contribution in [-0.2, 0) is 0 Å². The summed E-state index contributed by atoms with van der Waals surface area (Å²) in [6, 6.07) is 8.74. The van der Waals surface area contributed by atoms with Crippen LogP contribution in [0.5, 0.6) is 0 Å². The van der Waals surface area contributed by atoms with Crippen molar-refractivity contribution in [2.75, 3.05) is 12.3 Å². The molecule has 0 bridgehead atoms. The first-order chi connectivity index (χ1) is 9.13. The maximum atomic E-state index is 12.0. The Balaban J connectivity index is 2.15. The molecule has 0 radical (unpaired) electrons. The van der Waals surface area contributed by atoms with Gasteiger partial charge in [0.2, 0.25) is 0 Å². The molecule has 0 saturated heterocycles. The number of nitrogens with zero attached hydrogens (tertiary/aromatic N) is 1. The van der Waals surface area contributed by atoms with Crippen LogP contribution in [0, 0.1) is 6.92 Å². The Bertz CT molecular complexity index is 565. The van der Waals surface area contributed by atoms with Crippen LogP contribution >= 0.6 is 0 Å². The molecule has 6 heteroatoms.